The van der Waals surface area contributed by atoms with Crippen LogP contribution in [0.5, 0.6) is 0 Å². The van der Waals surface area contributed by atoms with Gasteiger partial charge in [-0.15, -0.1) is 0 Å². The quantitative estimate of drug-likeness (QED) is 0.592. The number of pyridine rings is 2. The molecule has 1 aromatic carbocycles. The Balaban J connectivity index is 2.19. The van der Waals surface area contributed by atoms with Gasteiger partial charge in [0.15, 0.2) is 0 Å². The topological polar surface area (TPSA) is 115 Å². The lowest BCUT2D eigenvalue weighted by Crippen LogP contribution is -2.18. The Bertz CT molecular complexity index is 1040. The maximum atomic E-state index is 11.2. The molecule has 0 aliphatic carbocycles. The summed E-state index contributed by atoms with van der Waals surface area (Å²) in [4.78, 5) is 20.1. The second-order valence-electron chi connectivity index (χ2n) is 7.44. The molecule has 0 radical (unpaired) electrons. The summed E-state index contributed by atoms with van der Waals surface area (Å²) in [7, 11) is 0. The number of hydrogen-bond acceptors (Lipinski definition) is 5. The van der Waals surface area contributed by atoms with Crippen LogP contribution in [0.15, 0.2) is 48.7 Å². The van der Waals surface area contributed by atoms with Crippen LogP contribution in [0.2, 0.25) is 0 Å². The van der Waals surface area contributed by atoms with Crippen molar-refractivity contribution in [1.82, 2.24) is 9.97 Å². The lowest BCUT2D eigenvalue weighted by atomic mass is 9.94. The lowest BCUT2D eigenvalue weighted by Gasteiger charge is -2.20. The first-order valence-corrected chi connectivity index (χ1v) is 8.98. The minimum Gasteiger partial charge on any atom is -0.399 e. The van der Waals surface area contributed by atoms with Gasteiger partial charge in [0.25, 0.3) is 0 Å². The van der Waals surface area contributed by atoms with Crippen LogP contribution in [0.1, 0.15) is 30.8 Å². The molecular formula is C22H24N4O2. The standard InChI is InChI=1S/C22H24N4O2/c1-13-4-5-16(23)11-18(13)15-9-19(26-20(10-15)22(2,3)28)14-6-7-25-17(8-14)12-21(24)27/h4-11,28H,12,23H2,1-3H3,(H2,24,27). The van der Waals surface area contributed by atoms with E-state index in [0.29, 0.717) is 22.8 Å². The van der Waals surface area contributed by atoms with Gasteiger partial charge >= 0.3 is 0 Å². The third-order valence-corrected chi connectivity index (χ3v) is 4.49. The number of amides is 1. The van der Waals surface area contributed by atoms with E-state index in [4.69, 9.17) is 11.5 Å². The van der Waals surface area contributed by atoms with Gasteiger partial charge in [-0.3, -0.25) is 9.78 Å². The number of nitrogens with zero attached hydrogens (tertiary/aromatic N) is 2. The average Bonchev–Trinajstić information content (AvgIpc) is 2.62. The first-order valence-electron chi connectivity index (χ1n) is 8.98. The summed E-state index contributed by atoms with van der Waals surface area (Å²) in [5, 5.41) is 10.6. The normalized spacial score (nSPS) is 11.4. The van der Waals surface area contributed by atoms with Gasteiger partial charge in [-0.1, -0.05) is 6.07 Å². The van der Waals surface area contributed by atoms with Gasteiger partial charge in [-0.2, -0.15) is 0 Å². The third kappa shape index (κ3) is 4.35. The maximum Gasteiger partial charge on any atom is 0.223 e. The monoisotopic (exact) mass is 376 g/mol. The van der Waals surface area contributed by atoms with E-state index in [1.54, 1.807) is 26.1 Å². The van der Waals surface area contributed by atoms with E-state index in [2.05, 4.69) is 9.97 Å². The van der Waals surface area contributed by atoms with Crippen molar-refractivity contribution in [3.8, 4) is 22.4 Å². The number of rotatable bonds is 5. The van der Waals surface area contributed by atoms with Crippen molar-refractivity contribution in [3.05, 3.63) is 65.6 Å². The minimum absolute atomic E-state index is 0.0558. The predicted octanol–water partition coefficient (Wildman–Crippen LogP) is 2.96. The SMILES string of the molecule is Cc1ccc(N)cc1-c1cc(-c2ccnc(CC(N)=O)c2)nc(C(C)(C)O)c1. The number of anilines is 1. The van der Waals surface area contributed by atoms with Gasteiger partial charge in [0.1, 0.15) is 5.60 Å². The number of carbonyl (C=O) groups excluding carboxylic acids is 1. The summed E-state index contributed by atoms with van der Waals surface area (Å²) in [5.41, 5.74) is 16.3. The Labute approximate surface area is 164 Å². The third-order valence-electron chi connectivity index (χ3n) is 4.49. The van der Waals surface area contributed by atoms with E-state index in [9.17, 15) is 9.90 Å². The number of aromatic nitrogens is 2. The zero-order chi connectivity index (χ0) is 20.5. The number of aliphatic hydroxyl groups is 1. The maximum absolute atomic E-state index is 11.2. The number of carbonyl (C=O) groups is 1. The van der Waals surface area contributed by atoms with Crippen LogP contribution >= 0.6 is 0 Å². The van der Waals surface area contributed by atoms with E-state index >= 15 is 0 Å². The summed E-state index contributed by atoms with van der Waals surface area (Å²) in [6.07, 6.45) is 1.68. The van der Waals surface area contributed by atoms with Gasteiger partial charge in [0.2, 0.25) is 5.91 Å². The summed E-state index contributed by atoms with van der Waals surface area (Å²) in [5.74, 6) is -0.445. The number of primary amides is 1. The molecular weight excluding hydrogens is 352 g/mol. The number of nitrogen functional groups attached to an aromatic ring is 1. The highest BCUT2D eigenvalue weighted by molar-refractivity contribution is 5.78. The Kier molecular flexibility index (Phi) is 5.16. The molecule has 0 unspecified atom stereocenters. The molecule has 6 nitrogen and oxygen atoms in total. The number of nitrogens with two attached hydrogens (primary N) is 2. The highest BCUT2D eigenvalue weighted by Crippen LogP contribution is 2.32. The zero-order valence-corrected chi connectivity index (χ0v) is 16.2. The molecule has 1 amide bonds. The summed E-state index contributed by atoms with van der Waals surface area (Å²) in [6, 6.07) is 13.2. The summed E-state index contributed by atoms with van der Waals surface area (Å²) < 4.78 is 0. The van der Waals surface area contributed by atoms with E-state index in [1.165, 1.54) is 0 Å². The van der Waals surface area contributed by atoms with Crippen LogP contribution in [-0.4, -0.2) is 21.0 Å². The van der Waals surface area contributed by atoms with Gasteiger partial charge in [0, 0.05) is 17.4 Å². The molecule has 0 fully saturated rings. The van der Waals surface area contributed by atoms with Crippen molar-refractivity contribution in [3.63, 3.8) is 0 Å². The fourth-order valence-corrected chi connectivity index (χ4v) is 3.01. The van der Waals surface area contributed by atoms with Gasteiger partial charge < -0.3 is 16.6 Å². The van der Waals surface area contributed by atoms with Crippen molar-refractivity contribution >= 4 is 11.6 Å². The van der Waals surface area contributed by atoms with E-state index < -0.39 is 11.5 Å². The molecule has 5 N–H and O–H groups in total. The predicted molar refractivity (Wildman–Crippen MR) is 110 cm³/mol. The van der Waals surface area contributed by atoms with Crippen molar-refractivity contribution in [2.24, 2.45) is 5.73 Å². The number of hydrogen-bond donors (Lipinski definition) is 3. The molecule has 0 saturated heterocycles. The molecule has 0 aliphatic heterocycles. The summed E-state index contributed by atoms with van der Waals surface area (Å²) in [6.45, 7) is 5.40. The second kappa shape index (κ2) is 7.40. The molecule has 28 heavy (non-hydrogen) atoms. The Morgan fingerprint density at radius 1 is 1.11 bits per heavy atom. The average molecular weight is 376 g/mol. The zero-order valence-electron chi connectivity index (χ0n) is 16.2. The molecule has 144 valence electrons. The molecule has 0 atom stereocenters. The van der Waals surface area contributed by atoms with Crippen molar-refractivity contribution < 1.29 is 9.90 Å². The lowest BCUT2D eigenvalue weighted by molar-refractivity contribution is -0.117. The van der Waals surface area contributed by atoms with Crippen LogP contribution in [0, 0.1) is 6.92 Å². The molecule has 3 rings (SSSR count). The molecule has 2 aromatic heterocycles. The fraction of sp³-hybridized carbons (Fsp3) is 0.227. The van der Waals surface area contributed by atoms with Crippen LogP contribution in [-0.2, 0) is 16.8 Å². The van der Waals surface area contributed by atoms with Crippen LogP contribution in [0.3, 0.4) is 0 Å². The molecule has 2 heterocycles. The van der Waals surface area contributed by atoms with Crippen molar-refractivity contribution in [2.75, 3.05) is 5.73 Å². The van der Waals surface area contributed by atoms with E-state index in [1.807, 2.05) is 43.3 Å². The van der Waals surface area contributed by atoms with Crippen molar-refractivity contribution in [2.45, 2.75) is 32.8 Å². The summed E-state index contributed by atoms with van der Waals surface area (Å²) >= 11 is 0. The molecule has 6 heteroatoms. The molecule has 0 bridgehead atoms. The smallest absolute Gasteiger partial charge is 0.223 e. The molecule has 0 aliphatic rings. The van der Waals surface area contributed by atoms with Gasteiger partial charge in [0.05, 0.1) is 23.5 Å². The number of benzene rings is 1. The van der Waals surface area contributed by atoms with Crippen molar-refractivity contribution in [1.29, 1.82) is 0 Å². The van der Waals surface area contributed by atoms with Crippen LogP contribution in [0.4, 0.5) is 5.69 Å². The van der Waals surface area contributed by atoms with Gasteiger partial charge in [-0.05, 0) is 73.9 Å². The first kappa shape index (κ1) is 19.5. The second-order valence-corrected chi connectivity index (χ2v) is 7.44. The van der Waals surface area contributed by atoms with Crippen LogP contribution in [0.25, 0.3) is 22.4 Å². The molecule has 3 aromatic rings. The molecule has 0 spiro atoms. The van der Waals surface area contributed by atoms with Crippen LogP contribution < -0.4 is 11.5 Å². The Morgan fingerprint density at radius 2 is 1.86 bits per heavy atom. The van der Waals surface area contributed by atoms with E-state index in [-0.39, 0.29) is 6.42 Å². The largest absolute Gasteiger partial charge is 0.399 e. The molecule has 0 saturated carbocycles. The fourth-order valence-electron chi connectivity index (χ4n) is 3.01. The Morgan fingerprint density at radius 3 is 2.54 bits per heavy atom. The van der Waals surface area contributed by atoms with Gasteiger partial charge in [-0.25, -0.2) is 4.98 Å². The number of aryl methyl sites for hydroxylation is 1. The van der Waals surface area contributed by atoms with E-state index in [0.717, 1.165) is 22.3 Å². The highest BCUT2D eigenvalue weighted by atomic mass is 16.3. The minimum atomic E-state index is -1.12. The Hall–Kier alpha value is -3.25. The first-order chi connectivity index (χ1) is 13.1. The highest BCUT2D eigenvalue weighted by Gasteiger charge is 2.21.